The molecule has 0 unspecified atom stereocenters. The van der Waals surface area contributed by atoms with Crippen LogP contribution < -0.4 is 0 Å². The quantitative estimate of drug-likeness (QED) is 0.828. The summed E-state index contributed by atoms with van der Waals surface area (Å²) in [6.45, 7) is 4.30. The maximum Gasteiger partial charge on any atom is 0.275 e. The lowest BCUT2D eigenvalue weighted by molar-refractivity contribution is -0.185. The van der Waals surface area contributed by atoms with E-state index in [0.717, 1.165) is 51.7 Å². The molecule has 4 rings (SSSR count). The van der Waals surface area contributed by atoms with Crippen molar-refractivity contribution in [1.82, 2.24) is 19.7 Å². The first-order valence-electron chi connectivity index (χ1n) is 8.96. The average molecular weight is 334 g/mol. The Kier molecular flexibility index (Phi) is 4.32. The fraction of sp³-hybridized carbons (Fsp3) is 0.765. The molecule has 0 aromatic carbocycles. The Balaban J connectivity index is 1.29. The first-order valence-corrected chi connectivity index (χ1v) is 8.96. The van der Waals surface area contributed by atoms with E-state index in [0.29, 0.717) is 13.2 Å². The van der Waals surface area contributed by atoms with E-state index in [9.17, 15) is 4.79 Å². The molecule has 3 aliphatic rings. The van der Waals surface area contributed by atoms with Gasteiger partial charge in [0.25, 0.3) is 5.91 Å². The first-order chi connectivity index (χ1) is 11.6. The van der Waals surface area contributed by atoms with Gasteiger partial charge in [-0.15, -0.1) is 0 Å². The van der Waals surface area contributed by atoms with Crippen LogP contribution in [0.3, 0.4) is 0 Å². The van der Waals surface area contributed by atoms with Gasteiger partial charge < -0.3 is 4.74 Å². The largest absolute Gasteiger partial charge is 0.362 e. The molecule has 1 atom stereocenters. The lowest BCUT2D eigenvalue weighted by atomic mass is 9.88. The van der Waals surface area contributed by atoms with Gasteiger partial charge in [-0.2, -0.15) is 5.10 Å². The number of rotatable bonds is 3. The van der Waals surface area contributed by atoms with Gasteiger partial charge in [0.1, 0.15) is 6.10 Å². The van der Waals surface area contributed by atoms with Crippen molar-refractivity contribution in [2.24, 2.45) is 7.05 Å². The van der Waals surface area contributed by atoms with Gasteiger partial charge in [-0.3, -0.25) is 19.2 Å². The molecule has 0 bridgehead atoms. The lowest BCUT2D eigenvalue weighted by Crippen LogP contribution is -2.45. The van der Waals surface area contributed by atoms with Crippen molar-refractivity contribution < 1.29 is 14.4 Å². The standard InChI is InChI=1S/C17H26N4O3/c1-19-12-14(11-18-19)13-20-8-5-17(6-9-20)4-3-15(24-17)16(22)21-7-2-10-23-21/h11-12,15H,2-10,13H2,1H3/t15-/m1/s1. The number of piperidine rings is 1. The van der Waals surface area contributed by atoms with Crippen LogP contribution in [0.5, 0.6) is 0 Å². The zero-order chi connectivity index (χ0) is 16.6. The Labute approximate surface area is 142 Å². The highest BCUT2D eigenvalue weighted by Gasteiger charge is 2.46. The molecule has 3 fully saturated rings. The second-order valence-corrected chi connectivity index (χ2v) is 7.25. The molecule has 7 nitrogen and oxygen atoms in total. The van der Waals surface area contributed by atoms with Crippen LogP contribution in [0, 0.1) is 0 Å². The molecule has 0 aliphatic carbocycles. The molecule has 1 spiro atoms. The molecule has 4 heterocycles. The highest BCUT2D eigenvalue weighted by Crippen LogP contribution is 2.39. The van der Waals surface area contributed by atoms with Crippen molar-refractivity contribution in [3.05, 3.63) is 18.0 Å². The summed E-state index contributed by atoms with van der Waals surface area (Å²) in [6.07, 6.45) is 8.41. The number of ether oxygens (including phenoxy) is 1. The van der Waals surface area contributed by atoms with Crippen LogP contribution in [-0.2, 0) is 28.0 Å². The molecule has 0 saturated carbocycles. The minimum Gasteiger partial charge on any atom is -0.362 e. The molecule has 3 saturated heterocycles. The van der Waals surface area contributed by atoms with E-state index < -0.39 is 0 Å². The molecular weight excluding hydrogens is 308 g/mol. The number of hydroxylamine groups is 2. The molecule has 1 aromatic rings. The summed E-state index contributed by atoms with van der Waals surface area (Å²) in [5.41, 5.74) is 1.14. The van der Waals surface area contributed by atoms with Crippen LogP contribution in [0.2, 0.25) is 0 Å². The number of aromatic nitrogens is 2. The van der Waals surface area contributed by atoms with Crippen molar-refractivity contribution >= 4 is 5.91 Å². The van der Waals surface area contributed by atoms with Gasteiger partial charge in [0.15, 0.2) is 0 Å². The first kappa shape index (κ1) is 16.1. The molecular formula is C17H26N4O3. The highest BCUT2D eigenvalue weighted by atomic mass is 16.7. The molecule has 1 aromatic heterocycles. The normalized spacial score (nSPS) is 27.2. The Bertz CT molecular complexity index is 588. The molecule has 0 N–H and O–H groups in total. The zero-order valence-corrected chi connectivity index (χ0v) is 14.3. The smallest absolute Gasteiger partial charge is 0.275 e. The summed E-state index contributed by atoms with van der Waals surface area (Å²) in [5, 5.41) is 5.73. The van der Waals surface area contributed by atoms with Crippen molar-refractivity contribution in [1.29, 1.82) is 0 Å². The summed E-state index contributed by atoms with van der Waals surface area (Å²) in [4.78, 5) is 20.3. The Hall–Kier alpha value is -1.44. The summed E-state index contributed by atoms with van der Waals surface area (Å²) in [5.74, 6) is 0.0159. The van der Waals surface area contributed by atoms with E-state index >= 15 is 0 Å². The Morgan fingerprint density at radius 3 is 2.83 bits per heavy atom. The maximum atomic E-state index is 12.4. The molecule has 0 radical (unpaired) electrons. The second kappa shape index (κ2) is 6.46. The monoisotopic (exact) mass is 334 g/mol. The number of amides is 1. The predicted octanol–water partition coefficient (Wildman–Crippen LogP) is 1.10. The minimum absolute atomic E-state index is 0.0159. The number of likely N-dealkylation sites (tertiary alicyclic amines) is 1. The number of aryl methyl sites for hydroxylation is 1. The van der Waals surface area contributed by atoms with Crippen LogP contribution in [0.4, 0.5) is 0 Å². The van der Waals surface area contributed by atoms with Crippen LogP contribution in [0.15, 0.2) is 12.4 Å². The second-order valence-electron chi connectivity index (χ2n) is 7.25. The highest BCUT2D eigenvalue weighted by molar-refractivity contribution is 5.80. The van der Waals surface area contributed by atoms with E-state index in [2.05, 4.69) is 16.2 Å². The number of hydrogen-bond donors (Lipinski definition) is 0. The Morgan fingerprint density at radius 2 is 2.17 bits per heavy atom. The Morgan fingerprint density at radius 1 is 1.33 bits per heavy atom. The van der Waals surface area contributed by atoms with E-state index in [1.165, 1.54) is 10.6 Å². The minimum atomic E-state index is -0.312. The van der Waals surface area contributed by atoms with Crippen molar-refractivity contribution in [3.63, 3.8) is 0 Å². The molecule has 132 valence electrons. The summed E-state index contributed by atoms with van der Waals surface area (Å²) >= 11 is 0. The topological polar surface area (TPSA) is 59.8 Å². The number of carbonyl (C=O) groups is 1. The molecule has 3 aliphatic heterocycles. The number of hydrogen-bond acceptors (Lipinski definition) is 5. The van der Waals surface area contributed by atoms with Gasteiger partial charge in [0, 0.05) is 38.4 Å². The number of carbonyl (C=O) groups excluding carboxylic acids is 1. The lowest BCUT2D eigenvalue weighted by Gasteiger charge is -2.39. The average Bonchev–Trinajstić information content (AvgIpc) is 3.31. The summed E-state index contributed by atoms with van der Waals surface area (Å²) in [7, 11) is 1.95. The van der Waals surface area contributed by atoms with Gasteiger partial charge in [-0.25, -0.2) is 5.06 Å². The van der Waals surface area contributed by atoms with E-state index in [-0.39, 0.29) is 17.6 Å². The predicted molar refractivity (Wildman–Crippen MR) is 86.8 cm³/mol. The SMILES string of the molecule is Cn1cc(CN2CCC3(CC[C@H](C(=O)N4CCCO4)O3)CC2)cn1. The van der Waals surface area contributed by atoms with Crippen molar-refractivity contribution in [3.8, 4) is 0 Å². The van der Waals surface area contributed by atoms with Crippen LogP contribution >= 0.6 is 0 Å². The number of nitrogens with zero attached hydrogens (tertiary/aromatic N) is 4. The van der Waals surface area contributed by atoms with E-state index in [1.807, 2.05) is 17.9 Å². The third-order valence-electron chi connectivity index (χ3n) is 5.46. The third-order valence-corrected chi connectivity index (χ3v) is 5.46. The van der Waals surface area contributed by atoms with E-state index in [4.69, 9.17) is 9.57 Å². The molecule has 24 heavy (non-hydrogen) atoms. The zero-order valence-electron chi connectivity index (χ0n) is 14.3. The van der Waals surface area contributed by atoms with Crippen LogP contribution in [0.1, 0.15) is 37.7 Å². The van der Waals surface area contributed by atoms with Crippen LogP contribution in [-0.4, -0.2) is 63.6 Å². The van der Waals surface area contributed by atoms with Crippen molar-refractivity contribution in [2.75, 3.05) is 26.2 Å². The van der Waals surface area contributed by atoms with Gasteiger partial charge in [0.2, 0.25) is 0 Å². The summed E-state index contributed by atoms with van der Waals surface area (Å²) < 4.78 is 8.10. The summed E-state index contributed by atoms with van der Waals surface area (Å²) in [6, 6.07) is 0. The van der Waals surface area contributed by atoms with Gasteiger partial charge in [-0.05, 0) is 32.1 Å². The van der Waals surface area contributed by atoms with Crippen LogP contribution in [0.25, 0.3) is 0 Å². The fourth-order valence-corrected chi connectivity index (χ4v) is 4.07. The molecule has 7 heteroatoms. The fourth-order valence-electron chi connectivity index (χ4n) is 4.07. The van der Waals surface area contributed by atoms with Gasteiger partial charge in [0.05, 0.1) is 24.9 Å². The van der Waals surface area contributed by atoms with E-state index in [1.54, 1.807) is 0 Å². The van der Waals surface area contributed by atoms with Crippen molar-refractivity contribution in [2.45, 2.75) is 50.4 Å². The third kappa shape index (κ3) is 3.20. The molecule has 1 amide bonds. The van der Waals surface area contributed by atoms with Gasteiger partial charge >= 0.3 is 0 Å². The maximum absolute atomic E-state index is 12.4. The van der Waals surface area contributed by atoms with Gasteiger partial charge in [-0.1, -0.05) is 0 Å².